The maximum absolute atomic E-state index is 10.8. The number of halogens is 1. The fraction of sp³-hybridized carbons (Fsp3) is 0.250. The van der Waals surface area contributed by atoms with Gasteiger partial charge in [-0.05, 0) is 27.8 Å². The first-order valence-electron chi connectivity index (χ1n) is 9.64. The van der Waals surface area contributed by atoms with E-state index in [0.29, 0.717) is 6.54 Å². The van der Waals surface area contributed by atoms with Crippen molar-refractivity contribution in [1.29, 1.82) is 0 Å². The molecule has 0 radical (unpaired) electrons. The van der Waals surface area contributed by atoms with E-state index in [9.17, 15) is 10.2 Å². The van der Waals surface area contributed by atoms with Gasteiger partial charge in [-0.1, -0.05) is 101 Å². The van der Waals surface area contributed by atoms with Crippen LogP contribution < -0.4 is 0 Å². The topological polar surface area (TPSA) is 43.7 Å². The van der Waals surface area contributed by atoms with E-state index in [0.717, 1.165) is 0 Å². The Morgan fingerprint density at radius 1 is 0.857 bits per heavy atom. The van der Waals surface area contributed by atoms with E-state index in [1.54, 1.807) is 0 Å². The van der Waals surface area contributed by atoms with Gasteiger partial charge in [-0.15, -0.1) is 0 Å². The molecule has 4 heteroatoms. The molecule has 3 atom stereocenters. The number of alkyl halides is 1. The normalized spacial score (nSPS) is 25.5. The summed E-state index contributed by atoms with van der Waals surface area (Å²) in [7, 11) is 0. The third-order valence-electron chi connectivity index (χ3n) is 6.27. The Bertz CT molecular complexity index is 961. The van der Waals surface area contributed by atoms with Gasteiger partial charge >= 0.3 is 0 Å². The van der Waals surface area contributed by atoms with E-state index < -0.39 is 11.6 Å². The van der Waals surface area contributed by atoms with Crippen molar-refractivity contribution in [3.63, 3.8) is 0 Å². The molecule has 0 spiro atoms. The Morgan fingerprint density at radius 3 is 1.96 bits per heavy atom. The van der Waals surface area contributed by atoms with Crippen LogP contribution in [0, 0.1) is 0 Å². The van der Waals surface area contributed by atoms with E-state index in [-0.39, 0.29) is 16.6 Å². The summed E-state index contributed by atoms with van der Waals surface area (Å²) in [4.78, 5) is 2.33. The maximum Gasteiger partial charge on any atom is 0.0989 e. The highest BCUT2D eigenvalue weighted by Gasteiger charge is 2.55. The molecule has 1 aliphatic heterocycles. The average molecular weight is 483 g/mol. The SMILES string of the molecule is OC[C@H]1[C@@H](O)[C@@H](I)CN1C1(c2ccccc2)c2ccccc2-c2ccccc21. The highest BCUT2D eigenvalue weighted by Crippen LogP contribution is 2.56. The van der Waals surface area contributed by atoms with Crippen molar-refractivity contribution < 1.29 is 10.2 Å². The maximum atomic E-state index is 10.8. The fourth-order valence-electron chi connectivity index (χ4n) is 5.13. The van der Waals surface area contributed by atoms with Crippen LogP contribution in [0.3, 0.4) is 0 Å². The number of nitrogens with zero attached hydrogens (tertiary/aromatic N) is 1. The molecule has 3 nitrogen and oxygen atoms in total. The second-order valence-corrected chi connectivity index (χ2v) is 9.18. The van der Waals surface area contributed by atoms with Crippen LogP contribution in [-0.2, 0) is 5.54 Å². The van der Waals surface area contributed by atoms with Crippen molar-refractivity contribution >= 4 is 22.6 Å². The van der Waals surface area contributed by atoms with Crippen LogP contribution >= 0.6 is 22.6 Å². The predicted molar refractivity (Wildman–Crippen MR) is 120 cm³/mol. The molecule has 1 saturated heterocycles. The lowest BCUT2D eigenvalue weighted by molar-refractivity contribution is 0.0383. The number of hydrogen-bond donors (Lipinski definition) is 2. The minimum Gasteiger partial charge on any atom is -0.395 e. The molecule has 142 valence electrons. The molecular formula is C24H22INO2. The lowest BCUT2D eigenvalue weighted by atomic mass is 9.78. The summed E-state index contributed by atoms with van der Waals surface area (Å²) in [6.07, 6.45) is -0.564. The molecule has 1 fully saturated rings. The van der Waals surface area contributed by atoms with Crippen molar-refractivity contribution in [2.24, 2.45) is 0 Å². The van der Waals surface area contributed by atoms with Gasteiger partial charge in [0.15, 0.2) is 0 Å². The summed E-state index contributed by atoms with van der Waals surface area (Å²) in [6, 6.07) is 27.3. The summed E-state index contributed by atoms with van der Waals surface area (Å²) in [5.74, 6) is 0. The van der Waals surface area contributed by atoms with Crippen LogP contribution in [0.15, 0.2) is 78.9 Å². The molecule has 0 unspecified atom stereocenters. The van der Waals surface area contributed by atoms with E-state index in [2.05, 4.69) is 100 Å². The molecule has 0 saturated carbocycles. The molecule has 3 aromatic rings. The predicted octanol–water partition coefficient (Wildman–Crippen LogP) is 3.80. The monoisotopic (exact) mass is 483 g/mol. The van der Waals surface area contributed by atoms with E-state index >= 15 is 0 Å². The zero-order valence-electron chi connectivity index (χ0n) is 15.4. The summed E-state index contributed by atoms with van der Waals surface area (Å²) in [5.41, 5.74) is 5.54. The van der Waals surface area contributed by atoms with Crippen LogP contribution in [0.5, 0.6) is 0 Å². The number of hydrogen-bond acceptors (Lipinski definition) is 3. The van der Waals surface area contributed by atoms with E-state index in [1.165, 1.54) is 27.8 Å². The van der Waals surface area contributed by atoms with Gasteiger partial charge in [0, 0.05) is 6.54 Å². The Balaban J connectivity index is 1.87. The summed E-state index contributed by atoms with van der Waals surface area (Å²) in [6.45, 7) is 0.643. The number of benzene rings is 3. The van der Waals surface area contributed by atoms with Gasteiger partial charge in [-0.3, -0.25) is 4.90 Å². The number of likely N-dealkylation sites (tertiary alicyclic amines) is 1. The standard InChI is InChI=1S/C24H22INO2/c25-21-14-26(22(15-27)23(21)28)24(16-8-2-1-3-9-16)19-12-6-4-10-17(19)18-11-5-7-13-20(18)24/h1-13,21-23,27-28H,14-15H2/t21-,22-,23-/m0/s1. The van der Waals surface area contributed by atoms with Crippen LogP contribution in [0.25, 0.3) is 11.1 Å². The summed E-state index contributed by atoms with van der Waals surface area (Å²) >= 11 is 2.32. The van der Waals surface area contributed by atoms with Crippen molar-refractivity contribution in [3.8, 4) is 11.1 Å². The van der Waals surface area contributed by atoms with Crippen molar-refractivity contribution in [2.75, 3.05) is 13.2 Å². The molecule has 0 aromatic heterocycles. The molecule has 0 bridgehead atoms. The Kier molecular flexibility index (Phi) is 4.55. The number of rotatable bonds is 3. The number of aliphatic hydroxyl groups excluding tert-OH is 2. The van der Waals surface area contributed by atoms with Crippen LogP contribution in [0.4, 0.5) is 0 Å². The Hall–Kier alpha value is -1.73. The smallest absolute Gasteiger partial charge is 0.0989 e. The minimum absolute atomic E-state index is 0.0651. The molecule has 1 heterocycles. The lowest BCUT2D eigenvalue weighted by Gasteiger charge is -2.44. The Morgan fingerprint density at radius 2 is 1.39 bits per heavy atom. The van der Waals surface area contributed by atoms with Crippen LogP contribution in [0.2, 0.25) is 0 Å². The molecule has 2 aliphatic rings. The Labute approximate surface area is 178 Å². The first-order chi connectivity index (χ1) is 13.7. The molecule has 1 aliphatic carbocycles. The van der Waals surface area contributed by atoms with Crippen LogP contribution in [0.1, 0.15) is 16.7 Å². The molecule has 28 heavy (non-hydrogen) atoms. The largest absolute Gasteiger partial charge is 0.395 e. The van der Waals surface area contributed by atoms with Gasteiger partial charge in [-0.2, -0.15) is 0 Å². The van der Waals surface area contributed by atoms with Crippen molar-refractivity contribution in [3.05, 3.63) is 95.6 Å². The van der Waals surface area contributed by atoms with Crippen LogP contribution in [-0.4, -0.2) is 44.3 Å². The summed E-state index contributed by atoms with van der Waals surface area (Å²) < 4.78 is 0.0651. The quantitative estimate of drug-likeness (QED) is 0.440. The van der Waals surface area contributed by atoms with Gasteiger partial charge in [0.25, 0.3) is 0 Å². The molecule has 2 N–H and O–H groups in total. The average Bonchev–Trinajstić information content (AvgIpc) is 3.21. The number of aliphatic hydroxyl groups is 2. The fourth-order valence-corrected chi connectivity index (χ4v) is 6.03. The molecule has 5 rings (SSSR count). The zero-order chi connectivity index (χ0) is 19.3. The second kappa shape index (κ2) is 6.95. The third-order valence-corrected chi connectivity index (χ3v) is 7.40. The highest BCUT2D eigenvalue weighted by molar-refractivity contribution is 14.1. The van der Waals surface area contributed by atoms with Gasteiger partial charge in [-0.25, -0.2) is 0 Å². The van der Waals surface area contributed by atoms with E-state index in [1.807, 2.05) is 6.07 Å². The zero-order valence-corrected chi connectivity index (χ0v) is 17.5. The molecule has 3 aromatic carbocycles. The first kappa shape index (κ1) is 18.3. The first-order valence-corrected chi connectivity index (χ1v) is 10.9. The summed E-state index contributed by atoms with van der Waals surface area (Å²) in [5, 5.41) is 21.1. The van der Waals surface area contributed by atoms with Gasteiger partial charge in [0.1, 0.15) is 0 Å². The highest BCUT2D eigenvalue weighted by atomic mass is 127. The second-order valence-electron chi connectivity index (χ2n) is 7.58. The number of fused-ring (bicyclic) bond motifs is 3. The van der Waals surface area contributed by atoms with Gasteiger partial charge < -0.3 is 10.2 Å². The van der Waals surface area contributed by atoms with Crippen molar-refractivity contribution in [1.82, 2.24) is 4.90 Å². The third kappa shape index (κ3) is 2.38. The van der Waals surface area contributed by atoms with Gasteiger partial charge in [0.05, 0.1) is 28.2 Å². The van der Waals surface area contributed by atoms with Crippen molar-refractivity contribution in [2.45, 2.75) is 21.6 Å². The minimum atomic E-state index is -0.564. The lowest BCUT2D eigenvalue weighted by Crippen LogP contribution is -2.52. The molecule has 0 amide bonds. The molecular weight excluding hydrogens is 461 g/mol. The van der Waals surface area contributed by atoms with Gasteiger partial charge in [0.2, 0.25) is 0 Å². The van der Waals surface area contributed by atoms with E-state index in [4.69, 9.17) is 0 Å².